The van der Waals surface area contributed by atoms with Crippen molar-refractivity contribution in [1.29, 1.82) is 0 Å². The Balaban J connectivity index is 2.14. The van der Waals surface area contributed by atoms with E-state index in [9.17, 15) is 9.59 Å². The quantitative estimate of drug-likeness (QED) is 0.868. The number of nitrogens with one attached hydrogen (secondary N) is 1. The summed E-state index contributed by atoms with van der Waals surface area (Å²) in [6, 6.07) is 2.66. The van der Waals surface area contributed by atoms with E-state index in [0.717, 1.165) is 22.0 Å². The van der Waals surface area contributed by atoms with Gasteiger partial charge in [-0.25, -0.2) is 9.59 Å². The first-order valence-corrected chi connectivity index (χ1v) is 7.26. The molecule has 0 aliphatic carbocycles. The summed E-state index contributed by atoms with van der Waals surface area (Å²) in [6.45, 7) is 4.38. The van der Waals surface area contributed by atoms with Gasteiger partial charge in [-0.3, -0.25) is 0 Å². The molecular formula is C14H17BrN2O3. The van der Waals surface area contributed by atoms with E-state index >= 15 is 0 Å². The fraction of sp³-hybridized carbons (Fsp3) is 0.429. The number of amides is 2. The fourth-order valence-electron chi connectivity index (χ4n) is 2.48. The molecule has 1 aromatic carbocycles. The molecule has 0 aromatic heterocycles. The zero-order valence-electron chi connectivity index (χ0n) is 11.4. The number of urea groups is 1. The minimum Gasteiger partial charge on any atom is -0.480 e. The second-order valence-electron chi connectivity index (χ2n) is 5.04. The number of carbonyl (C=O) groups excluding carboxylic acids is 1. The lowest BCUT2D eigenvalue weighted by atomic mass is 10.1. The normalized spacial score (nSPS) is 18.1. The molecule has 0 saturated carbocycles. The van der Waals surface area contributed by atoms with Crippen molar-refractivity contribution in [2.24, 2.45) is 0 Å². The molecule has 108 valence electrons. The number of carboxylic acid groups (broad SMARTS) is 1. The topological polar surface area (TPSA) is 69.6 Å². The number of rotatable bonds is 2. The molecule has 0 spiro atoms. The molecular weight excluding hydrogens is 324 g/mol. The maximum absolute atomic E-state index is 12.2. The average molecular weight is 341 g/mol. The minimum atomic E-state index is -0.944. The number of carbonyl (C=O) groups is 2. The van der Waals surface area contributed by atoms with Crippen molar-refractivity contribution in [3.8, 4) is 0 Å². The van der Waals surface area contributed by atoms with Gasteiger partial charge in [0.2, 0.25) is 0 Å². The lowest BCUT2D eigenvalue weighted by Gasteiger charge is -2.22. The molecule has 1 fully saturated rings. The highest BCUT2D eigenvalue weighted by Gasteiger charge is 2.33. The lowest BCUT2D eigenvalue weighted by molar-refractivity contribution is -0.141. The van der Waals surface area contributed by atoms with Crippen LogP contribution in [0.5, 0.6) is 0 Å². The molecule has 1 aliphatic rings. The molecule has 0 unspecified atom stereocenters. The van der Waals surface area contributed by atoms with Crippen molar-refractivity contribution in [1.82, 2.24) is 4.90 Å². The third kappa shape index (κ3) is 2.95. The zero-order chi connectivity index (χ0) is 14.9. The Labute approximate surface area is 126 Å². The van der Waals surface area contributed by atoms with Crippen LogP contribution in [0.15, 0.2) is 16.6 Å². The van der Waals surface area contributed by atoms with Crippen LogP contribution in [0.2, 0.25) is 0 Å². The minimum absolute atomic E-state index is 0.351. The Kier molecular flexibility index (Phi) is 4.32. The van der Waals surface area contributed by atoms with Crippen molar-refractivity contribution in [3.05, 3.63) is 27.7 Å². The molecule has 0 radical (unpaired) electrons. The Hall–Kier alpha value is -1.56. The van der Waals surface area contributed by atoms with E-state index in [1.54, 1.807) is 0 Å². The van der Waals surface area contributed by atoms with Crippen LogP contribution in [0.4, 0.5) is 10.5 Å². The summed E-state index contributed by atoms with van der Waals surface area (Å²) in [5, 5.41) is 11.9. The van der Waals surface area contributed by atoms with Crippen molar-refractivity contribution >= 4 is 33.6 Å². The Morgan fingerprint density at radius 3 is 2.50 bits per heavy atom. The van der Waals surface area contributed by atoms with Gasteiger partial charge in [0.05, 0.1) is 0 Å². The number of nitrogens with zero attached hydrogens (tertiary/aromatic N) is 1. The number of hydrogen-bond donors (Lipinski definition) is 2. The van der Waals surface area contributed by atoms with Gasteiger partial charge in [0.25, 0.3) is 0 Å². The maximum Gasteiger partial charge on any atom is 0.326 e. The van der Waals surface area contributed by atoms with Gasteiger partial charge in [0.1, 0.15) is 6.04 Å². The van der Waals surface area contributed by atoms with Crippen LogP contribution >= 0.6 is 15.9 Å². The van der Waals surface area contributed by atoms with Gasteiger partial charge in [-0.05, 0) is 49.9 Å². The van der Waals surface area contributed by atoms with Crippen LogP contribution in [-0.2, 0) is 4.79 Å². The van der Waals surface area contributed by atoms with Crippen LogP contribution in [0, 0.1) is 13.8 Å². The standard InChI is InChI=1S/C14H17BrN2O3/c1-8-6-10(7-9(2)12(8)15)16-14(20)17-5-3-4-11(17)13(18)19/h6-7,11H,3-5H2,1-2H3,(H,16,20)(H,18,19)/t11-/m0/s1. The first-order valence-electron chi connectivity index (χ1n) is 6.47. The number of likely N-dealkylation sites (tertiary alicyclic amines) is 1. The van der Waals surface area contributed by atoms with E-state index in [-0.39, 0.29) is 6.03 Å². The smallest absolute Gasteiger partial charge is 0.326 e. The number of aliphatic carboxylic acids is 1. The van der Waals surface area contributed by atoms with Gasteiger partial charge >= 0.3 is 12.0 Å². The van der Waals surface area contributed by atoms with E-state index in [2.05, 4.69) is 21.2 Å². The lowest BCUT2D eigenvalue weighted by Crippen LogP contribution is -2.42. The van der Waals surface area contributed by atoms with Gasteiger partial charge in [0, 0.05) is 16.7 Å². The Morgan fingerprint density at radius 1 is 1.35 bits per heavy atom. The highest BCUT2D eigenvalue weighted by molar-refractivity contribution is 9.10. The first kappa shape index (κ1) is 14.8. The van der Waals surface area contributed by atoms with Crippen molar-refractivity contribution in [2.75, 3.05) is 11.9 Å². The number of carboxylic acids is 1. The molecule has 5 nitrogen and oxygen atoms in total. The largest absolute Gasteiger partial charge is 0.480 e. The summed E-state index contributed by atoms with van der Waals surface area (Å²) in [6.07, 6.45) is 1.24. The Bertz CT molecular complexity index is 536. The van der Waals surface area contributed by atoms with E-state index in [1.807, 2.05) is 26.0 Å². The molecule has 0 bridgehead atoms. The molecule has 1 aromatic rings. The molecule has 1 atom stereocenters. The van der Waals surface area contributed by atoms with E-state index < -0.39 is 12.0 Å². The predicted octanol–water partition coefficient (Wildman–Crippen LogP) is 3.15. The highest BCUT2D eigenvalue weighted by atomic mass is 79.9. The number of anilines is 1. The van der Waals surface area contributed by atoms with Crippen LogP contribution < -0.4 is 5.32 Å². The summed E-state index contributed by atoms with van der Waals surface area (Å²) < 4.78 is 1.01. The van der Waals surface area contributed by atoms with Gasteiger partial charge in [-0.1, -0.05) is 15.9 Å². The van der Waals surface area contributed by atoms with Gasteiger partial charge in [-0.15, -0.1) is 0 Å². The third-order valence-corrected chi connectivity index (χ3v) is 4.74. The monoisotopic (exact) mass is 340 g/mol. The summed E-state index contributed by atoms with van der Waals surface area (Å²) in [4.78, 5) is 24.7. The second-order valence-corrected chi connectivity index (χ2v) is 5.84. The molecule has 20 heavy (non-hydrogen) atoms. The third-order valence-electron chi connectivity index (χ3n) is 3.49. The SMILES string of the molecule is Cc1cc(NC(=O)N2CCC[C@H]2C(=O)O)cc(C)c1Br. The van der Waals surface area contributed by atoms with E-state index in [0.29, 0.717) is 18.7 Å². The molecule has 2 rings (SSSR count). The van der Waals surface area contributed by atoms with Crippen LogP contribution in [0.3, 0.4) is 0 Å². The number of benzene rings is 1. The van der Waals surface area contributed by atoms with Crippen LogP contribution in [0.25, 0.3) is 0 Å². The summed E-state index contributed by atoms with van der Waals surface area (Å²) >= 11 is 3.47. The van der Waals surface area contributed by atoms with E-state index in [1.165, 1.54) is 4.90 Å². The van der Waals surface area contributed by atoms with Gasteiger partial charge in [-0.2, -0.15) is 0 Å². The zero-order valence-corrected chi connectivity index (χ0v) is 13.0. The highest BCUT2D eigenvalue weighted by Crippen LogP contribution is 2.26. The molecule has 2 amide bonds. The number of halogens is 1. The molecule has 1 heterocycles. The molecule has 1 aliphatic heterocycles. The van der Waals surface area contributed by atoms with Crippen molar-refractivity contribution in [3.63, 3.8) is 0 Å². The van der Waals surface area contributed by atoms with Crippen molar-refractivity contribution < 1.29 is 14.7 Å². The maximum atomic E-state index is 12.2. The van der Waals surface area contributed by atoms with Gasteiger partial charge < -0.3 is 15.3 Å². The van der Waals surface area contributed by atoms with E-state index in [4.69, 9.17) is 5.11 Å². The average Bonchev–Trinajstić information content (AvgIpc) is 2.85. The number of aryl methyl sites for hydroxylation is 2. The Morgan fingerprint density at radius 2 is 1.95 bits per heavy atom. The molecule has 2 N–H and O–H groups in total. The second kappa shape index (κ2) is 5.83. The van der Waals surface area contributed by atoms with Crippen LogP contribution in [-0.4, -0.2) is 34.6 Å². The molecule has 1 saturated heterocycles. The van der Waals surface area contributed by atoms with Crippen LogP contribution in [0.1, 0.15) is 24.0 Å². The first-order chi connectivity index (χ1) is 9.40. The van der Waals surface area contributed by atoms with Gasteiger partial charge in [0.15, 0.2) is 0 Å². The van der Waals surface area contributed by atoms with Crippen molar-refractivity contribution in [2.45, 2.75) is 32.7 Å². The molecule has 6 heteroatoms. The fourth-order valence-corrected chi connectivity index (χ4v) is 2.71. The summed E-state index contributed by atoms with van der Waals surface area (Å²) in [7, 11) is 0. The summed E-state index contributed by atoms with van der Waals surface area (Å²) in [5.74, 6) is -0.944. The summed E-state index contributed by atoms with van der Waals surface area (Å²) in [5.41, 5.74) is 2.73. The predicted molar refractivity (Wildman–Crippen MR) is 80.0 cm³/mol. The number of hydrogen-bond acceptors (Lipinski definition) is 2.